The lowest BCUT2D eigenvalue weighted by atomic mass is 9.76. The van der Waals surface area contributed by atoms with Crippen LogP contribution in [0.3, 0.4) is 0 Å². The number of hydrogen-bond donors (Lipinski definition) is 4. The Hall–Kier alpha value is -4.63. The number of aliphatic carboxylic acids is 1. The summed E-state index contributed by atoms with van der Waals surface area (Å²) in [7, 11) is 1.41. The molecule has 0 unspecified atom stereocenters. The number of phenols is 1. The lowest BCUT2D eigenvalue weighted by Gasteiger charge is -2.31. The first kappa shape index (κ1) is 24.7. The molecule has 9 nitrogen and oxygen atoms in total. The molecule has 4 aromatic rings. The van der Waals surface area contributed by atoms with Gasteiger partial charge < -0.3 is 19.9 Å². The number of nitrogens with zero attached hydrogens (tertiary/aromatic N) is 1. The molecule has 2 saturated heterocycles. The Kier molecular flexibility index (Phi) is 5.69. The molecule has 3 heterocycles. The number of amides is 2. The zero-order valence-electron chi connectivity index (χ0n) is 21.3. The second kappa shape index (κ2) is 8.99. The predicted octanol–water partition coefficient (Wildman–Crippen LogP) is 3.71. The van der Waals surface area contributed by atoms with Gasteiger partial charge in [-0.1, -0.05) is 42.5 Å². The number of H-pyrrole nitrogens is 1. The number of aryl methyl sites for hydroxylation is 1. The molecular weight excluding hydrogens is 498 g/mol. The zero-order chi connectivity index (χ0) is 27.5. The summed E-state index contributed by atoms with van der Waals surface area (Å²) in [5, 5.41) is 25.8. The fourth-order valence-corrected chi connectivity index (χ4v) is 6.26. The van der Waals surface area contributed by atoms with Crippen LogP contribution in [-0.4, -0.2) is 45.6 Å². The molecular formula is C30H27N3O6. The maximum absolute atomic E-state index is 14.1. The van der Waals surface area contributed by atoms with E-state index in [0.29, 0.717) is 16.8 Å². The number of carboxylic acid groups (broad SMARTS) is 1. The quantitative estimate of drug-likeness (QED) is 0.282. The van der Waals surface area contributed by atoms with Crippen LogP contribution in [0.15, 0.2) is 72.9 Å². The van der Waals surface area contributed by atoms with E-state index in [1.54, 1.807) is 42.6 Å². The molecule has 0 spiro atoms. The number of imide groups is 1. The number of carboxylic acids is 1. The minimum Gasteiger partial charge on any atom is -0.504 e. The molecule has 6 rings (SSSR count). The second-order valence-corrected chi connectivity index (χ2v) is 10.2. The van der Waals surface area contributed by atoms with Crippen LogP contribution >= 0.6 is 0 Å². The first-order chi connectivity index (χ1) is 18.8. The number of nitrogens with one attached hydrogen (secondary N) is 2. The first-order valence-corrected chi connectivity index (χ1v) is 12.6. The summed E-state index contributed by atoms with van der Waals surface area (Å²) in [5.74, 6) is -4.68. The van der Waals surface area contributed by atoms with Crippen LogP contribution in [-0.2, 0) is 20.8 Å². The average Bonchev–Trinajstić information content (AvgIpc) is 3.56. The summed E-state index contributed by atoms with van der Waals surface area (Å²) in [4.78, 5) is 45.6. The van der Waals surface area contributed by atoms with E-state index in [1.807, 2.05) is 37.3 Å². The minimum absolute atomic E-state index is 0.0601. The van der Waals surface area contributed by atoms with Gasteiger partial charge in [0, 0.05) is 35.1 Å². The number of fused-ring (bicyclic) bond motifs is 2. The van der Waals surface area contributed by atoms with Crippen LogP contribution in [0.2, 0.25) is 0 Å². The van der Waals surface area contributed by atoms with Crippen molar-refractivity contribution in [1.82, 2.24) is 10.3 Å². The number of phenolic OH excluding ortho intramolecular Hbond substituents is 1. The molecule has 198 valence electrons. The Morgan fingerprint density at radius 2 is 1.82 bits per heavy atom. The minimum atomic E-state index is -1.83. The highest BCUT2D eigenvalue weighted by atomic mass is 16.5. The summed E-state index contributed by atoms with van der Waals surface area (Å²) in [5.41, 5.74) is 1.23. The maximum Gasteiger partial charge on any atom is 0.325 e. The van der Waals surface area contributed by atoms with Gasteiger partial charge in [0.25, 0.3) is 0 Å². The van der Waals surface area contributed by atoms with Gasteiger partial charge in [0.05, 0.1) is 24.6 Å². The van der Waals surface area contributed by atoms with Gasteiger partial charge in [-0.15, -0.1) is 0 Å². The Labute approximate surface area is 224 Å². The van der Waals surface area contributed by atoms with Crippen molar-refractivity contribution >= 4 is 34.4 Å². The number of carbonyl (C=O) groups excluding carboxylic acids is 2. The van der Waals surface area contributed by atoms with E-state index in [1.165, 1.54) is 7.11 Å². The van der Waals surface area contributed by atoms with Crippen LogP contribution in [0.1, 0.15) is 22.7 Å². The van der Waals surface area contributed by atoms with Gasteiger partial charge in [0.15, 0.2) is 11.5 Å². The van der Waals surface area contributed by atoms with Gasteiger partial charge >= 0.3 is 5.97 Å². The number of hydrogen-bond acceptors (Lipinski definition) is 6. The van der Waals surface area contributed by atoms with Crippen LogP contribution in [0.4, 0.5) is 5.69 Å². The van der Waals surface area contributed by atoms with Gasteiger partial charge in [-0.25, -0.2) is 4.90 Å². The zero-order valence-corrected chi connectivity index (χ0v) is 21.3. The highest BCUT2D eigenvalue weighted by molar-refractivity contribution is 6.24. The van der Waals surface area contributed by atoms with Gasteiger partial charge in [-0.05, 0) is 42.3 Å². The number of aromatic hydroxyl groups is 1. The molecule has 1 aromatic heterocycles. The molecule has 39 heavy (non-hydrogen) atoms. The molecule has 0 saturated carbocycles. The number of carbonyl (C=O) groups is 3. The number of rotatable bonds is 6. The molecule has 0 aliphatic carbocycles. The van der Waals surface area contributed by atoms with E-state index in [9.17, 15) is 24.6 Å². The average molecular weight is 526 g/mol. The van der Waals surface area contributed by atoms with Crippen LogP contribution in [0, 0.1) is 18.8 Å². The normalized spacial score (nSPS) is 24.4. The van der Waals surface area contributed by atoms with Crippen molar-refractivity contribution in [2.45, 2.75) is 24.9 Å². The number of methoxy groups -OCH3 is 1. The largest absolute Gasteiger partial charge is 0.504 e. The summed E-state index contributed by atoms with van der Waals surface area (Å²) in [6.07, 6.45) is 1.68. The number of anilines is 1. The van der Waals surface area contributed by atoms with Crippen LogP contribution in [0.5, 0.6) is 11.5 Å². The SMILES string of the molecule is COc1cccc([C@H]2N[C@@](Cc3c[nH]c4ccccc34)(C(=O)O)[C@@H]3C(=O)N(c4cccc(C)c4)C(=O)[C@H]23)c1O. The molecule has 0 radical (unpaired) electrons. The number of aromatic amines is 1. The third-order valence-corrected chi connectivity index (χ3v) is 8.03. The second-order valence-electron chi connectivity index (χ2n) is 10.2. The fraction of sp³-hybridized carbons (Fsp3) is 0.233. The van der Waals surface area contributed by atoms with Crippen molar-refractivity contribution in [3.05, 3.63) is 89.6 Å². The number of benzene rings is 3. The predicted molar refractivity (Wildman–Crippen MR) is 144 cm³/mol. The molecule has 0 bridgehead atoms. The van der Waals surface area contributed by atoms with Crippen LogP contribution < -0.4 is 15.0 Å². The summed E-state index contributed by atoms with van der Waals surface area (Å²) in [6.45, 7) is 1.85. The van der Waals surface area contributed by atoms with Crippen molar-refractivity contribution in [3.8, 4) is 11.5 Å². The molecule has 4 atom stereocenters. The molecule has 3 aromatic carbocycles. The van der Waals surface area contributed by atoms with E-state index in [-0.39, 0.29) is 17.9 Å². The third kappa shape index (κ3) is 3.61. The summed E-state index contributed by atoms with van der Waals surface area (Å²) < 4.78 is 5.28. The number of ether oxygens (including phenoxy) is 1. The first-order valence-electron chi connectivity index (χ1n) is 12.6. The Morgan fingerprint density at radius 3 is 2.56 bits per heavy atom. The highest BCUT2D eigenvalue weighted by Gasteiger charge is 2.69. The molecule has 2 aliphatic heterocycles. The standard InChI is InChI=1S/C30H27N3O6/c1-16-7-5-8-18(13-16)33-27(35)23-24(28(33)36)30(29(37)38,14-17-15-31-21-11-4-3-9-19(17)21)32-25(23)20-10-6-12-22(39-2)26(20)34/h3-13,15,23-25,31-32,34H,14H2,1-2H3,(H,37,38)/t23-,24-,25+,30+/m0/s1. The Balaban J connectivity index is 1.54. The maximum atomic E-state index is 14.1. The smallest absolute Gasteiger partial charge is 0.325 e. The molecule has 9 heteroatoms. The van der Waals surface area contributed by atoms with Crippen LogP contribution in [0.25, 0.3) is 10.9 Å². The van der Waals surface area contributed by atoms with Crippen molar-refractivity contribution in [1.29, 1.82) is 0 Å². The lowest BCUT2D eigenvalue weighted by molar-refractivity contribution is -0.148. The lowest BCUT2D eigenvalue weighted by Crippen LogP contribution is -2.57. The van der Waals surface area contributed by atoms with E-state index in [2.05, 4.69) is 10.3 Å². The molecule has 2 fully saturated rings. The highest BCUT2D eigenvalue weighted by Crippen LogP contribution is 2.53. The molecule has 4 N–H and O–H groups in total. The Bertz CT molecular complexity index is 1640. The van der Waals surface area contributed by atoms with Gasteiger partial charge in [0.2, 0.25) is 11.8 Å². The van der Waals surface area contributed by atoms with E-state index < -0.39 is 41.2 Å². The van der Waals surface area contributed by atoms with Crippen molar-refractivity contribution in [3.63, 3.8) is 0 Å². The molecule has 2 aliphatic rings. The van der Waals surface area contributed by atoms with Crippen molar-refractivity contribution in [2.24, 2.45) is 11.8 Å². The van der Waals surface area contributed by atoms with E-state index in [0.717, 1.165) is 21.4 Å². The van der Waals surface area contributed by atoms with Crippen molar-refractivity contribution < 1.29 is 29.3 Å². The van der Waals surface area contributed by atoms with Gasteiger partial charge in [-0.2, -0.15) is 0 Å². The van der Waals surface area contributed by atoms with Gasteiger partial charge in [0.1, 0.15) is 5.54 Å². The topological polar surface area (TPSA) is 132 Å². The Morgan fingerprint density at radius 1 is 1.05 bits per heavy atom. The van der Waals surface area contributed by atoms with E-state index in [4.69, 9.17) is 4.74 Å². The van der Waals surface area contributed by atoms with Crippen molar-refractivity contribution in [2.75, 3.05) is 12.0 Å². The summed E-state index contributed by atoms with van der Waals surface area (Å²) >= 11 is 0. The summed E-state index contributed by atoms with van der Waals surface area (Å²) in [6, 6.07) is 18.4. The third-order valence-electron chi connectivity index (χ3n) is 8.03. The van der Waals surface area contributed by atoms with Gasteiger partial charge in [-0.3, -0.25) is 19.7 Å². The number of para-hydroxylation sites is 2. The molecule has 2 amide bonds. The fourth-order valence-electron chi connectivity index (χ4n) is 6.26. The monoisotopic (exact) mass is 525 g/mol. The number of aromatic nitrogens is 1. The van der Waals surface area contributed by atoms with E-state index >= 15 is 0 Å².